The Hall–Kier alpha value is -9.39. The SMILES string of the molecule is c1ccc(-c2ccc3c(c2)c2ccccc2n3-c2nc(-c3ccc4c(c3)oc3ccccc34)nc(-n3c4ccccc4c4cc5c(cc43)-c3ccccc3C53c4ccccc4-c4ccccc43)n2)cc1. The minimum atomic E-state index is -0.476. The van der Waals surface area contributed by atoms with Crippen molar-refractivity contribution in [2.45, 2.75) is 5.41 Å². The summed E-state index contributed by atoms with van der Waals surface area (Å²) in [6.07, 6.45) is 0. The zero-order valence-electron chi connectivity index (χ0n) is 37.5. The molecule has 10 aromatic carbocycles. The van der Waals surface area contributed by atoms with Crippen LogP contribution in [-0.2, 0) is 5.41 Å². The maximum Gasteiger partial charge on any atom is 0.240 e. The summed E-state index contributed by atoms with van der Waals surface area (Å²) >= 11 is 0. The van der Waals surface area contributed by atoms with Gasteiger partial charge in [-0.2, -0.15) is 15.0 Å². The molecule has 0 unspecified atom stereocenters. The minimum Gasteiger partial charge on any atom is -0.456 e. The molecule has 6 nitrogen and oxygen atoms in total. The summed E-state index contributed by atoms with van der Waals surface area (Å²) in [6, 6.07) is 80.8. The second kappa shape index (κ2) is 13.8. The first kappa shape index (κ1) is 37.7. The monoisotopic (exact) mass is 891 g/mol. The van der Waals surface area contributed by atoms with Crippen molar-refractivity contribution in [3.63, 3.8) is 0 Å². The third-order valence-electron chi connectivity index (χ3n) is 15.2. The van der Waals surface area contributed by atoms with E-state index in [4.69, 9.17) is 19.4 Å². The number of benzene rings is 10. The summed E-state index contributed by atoms with van der Waals surface area (Å²) in [5.74, 6) is 1.60. The van der Waals surface area contributed by atoms with Crippen LogP contribution in [0, 0.1) is 0 Å². The lowest BCUT2D eigenvalue weighted by molar-refractivity contribution is 0.669. The van der Waals surface area contributed by atoms with Gasteiger partial charge in [0.05, 0.1) is 27.5 Å². The average Bonchev–Trinajstić information content (AvgIpc) is 4.22. The predicted molar refractivity (Wildman–Crippen MR) is 283 cm³/mol. The summed E-state index contributed by atoms with van der Waals surface area (Å²) in [7, 11) is 0. The molecule has 2 aliphatic rings. The number of rotatable bonds is 4. The Bertz CT molecular complexity index is 4510. The Balaban J connectivity index is 0.992. The van der Waals surface area contributed by atoms with E-state index in [0.29, 0.717) is 17.7 Å². The number of hydrogen-bond acceptors (Lipinski definition) is 4. The minimum absolute atomic E-state index is 0.476. The Morgan fingerprint density at radius 3 is 1.50 bits per heavy atom. The van der Waals surface area contributed by atoms with Crippen LogP contribution in [0.15, 0.2) is 229 Å². The van der Waals surface area contributed by atoms with E-state index < -0.39 is 5.41 Å². The van der Waals surface area contributed by atoms with Crippen LogP contribution in [0.5, 0.6) is 0 Å². The summed E-state index contributed by atoms with van der Waals surface area (Å²) in [6.45, 7) is 0. The summed E-state index contributed by atoms with van der Waals surface area (Å²) in [4.78, 5) is 16.5. The van der Waals surface area contributed by atoms with Crippen LogP contribution in [0.3, 0.4) is 0 Å². The number of para-hydroxylation sites is 3. The van der Waals surface area contributed by atoms with Gasteiger partial charge in [-0.05, 0) is 110 Å². The number of furan rings is 1. The Labute approximate surface area is 401 Å². The second-order valence-corrected chi connectivity index (χ2v) is 18.7. The van der Waals surface area contributed by atoms with Gasteiger partial charge in [-0.15, -0.1) is 0 Å². The second-order valence-electron chi connectivity index (χ2n) is 18.7. The molecule has 0 atom stereocenters. The standard InChI is InChI=1S/C64H37N5O/c1-2-16-38(17-3-1)39-31-33-57-49(34-39)44-21-7-13-27-55(44)68(57)62-65-61(40-30-32-47-46-23-9-15-29-59(46)70-60(47)35-40)66-63(67-62)69-56-28-14-8-22-45(56)50-36-54-48(37-58(50)69)43-20-6-12-26-53(43)64(54)51-24-10-4-18-41(51)42-19-5-11-25-52(42)64/h1-37H. The van der Waals surface area contributed by atoms with Gasteiger partial charge in [0, 0.05) is 37.9 Å². The van der Waals surface area contributed by atoms with Crippen molar-refractivity contribution < 1.29 is 4.42 Å². The zero-order valence-corrected chi connectivity index (χ0v) is 37.5. The number of nitrogens with zero attached hydrogens (tertiary/aromatic N) is 5. The number of fused-ring (bicyclic) bond motifs is 19. The molecule has 0 fully saturated rings. The molecule has 0 aliphatic heterocycles. The van der Waals surface area contributed by atoms with E-state index in [1.165, 1.54) is 50.1 Å². The highest BCUT2D eigenvalue weighted by Gasteiger charge is 2.51. The van der Waals surface area contributed by atoms with Gasteiger partial charge >= 0.3 is 0 Å². The fourth-order valence-electron chi connectivity index (χ4n) is 12.3. The lowest BCUT2D eigenvalue weighted by Gasteiger charge is -2.30. The van der Waals surface area contributed by atoms with Crippen LogP contribution >= 0.6 is 0 Å². The van der Waals surface area contributed by atoms with E-state index >= 15 is 0 Å². The van der Waals surface area contributed by atoms with Crippen LogP contribution in [0.25, 0.3) is 122 Å². The van der Waals surface area contributed by atoms with Crippen molar-refractivity contribution in [2.24, 2.45) is 0 Å². The van der Waals surface area contributed by atoms with Gasteiger partial charge in [-0.1, -0.05) is 170 Å². The quantitative estimate of drug-likeness (QED) is 0.177. The first-order valence-electron chi connectivity index (χ1n) is 23.8. The normalized spacial score (nSPS) is 13.3. The first-order valence-corrected chi connectivity index (χ1v) is 23.8. The highest BCUT2D eigenvalue weighted by Crippen LogP contribution is 2.63. The van der Waals surface area contributed by atoms with Crippen LogP contribution in [-0.4, -0.2) is 24.1 Å². The van der Waals surface area contributed by atoms with E-state index in [2.05, 4.69) is 221 Å². The predicted octanol–water partition coefficient (Wildman–Crippen LogP) is 15.6. The fourth-order valence-corrected chi connectivity index (χ4v) is 12.3. The molecule has 1 spiro atoms. The lowest BCUT2D eigenvalue weighted by atomic mass is 9.70. The van der Waals surface area contributed by atoms with E-state index in [-0.39, 0.29) is 0 Å². The molecule has 324 valence electrons. The van der Waals surface area contributed by atoms with E-state index in [1.807, 2.05) is 12.1 Å². The molecule has 4 aromatic heterocycles. The summed E-state index contributed by atoms with van der Waals surface area (Å²) in [5, 5.41) is 6.64. The van der Waals surface area contributed by atoms with Gasteiger partial charge in [0.15, 0.2) is 5.82 Å². The molecule has 0 N–H and O–H groups in total. The molecule has 0 saturated heterocycles. The van der Waals surface area contributed by atoms with Crippen LogP contribution in [0.1, 0.15) is 22.3 Å². The van der Waals surface area contributed by atoms with Crippen molar-refractivity contribution >= 4 is 65.6 Å². The molecule has 0 bridgehead atoms. The topological polar surface area (TPSA) is 61.7 Å². The van der Waals surface area contributed by atoms with E-state index in [1.54, 1.807) is 0 Å². The molecule has 4 heterocycles. The van der Waals surface area contributed by atoms with Crippen LogP contribution < -0.4 is 0 Å². The van der Waals surface area contributed by atoms with E-state index in [0.717, 1.165) is 76.7 Å². The molecule has 0 saturated carbocycles. The third kappa shape index (κ3) is 4.93. The van der Waals surface area contributed by atoms with Crippen molar-refractivity contribution in [1.82, 2.24) is 24.1 Å². The van der Waals surface area contributed by atoms with Gasteiger partial charge in [0.25, 0.3) is 0 Å². The largest absolute Gasteiger partial charge is 0.456 e. The molecule has 0 radical (unpaired) electrons. The zero-order chi connectivity index (χ0) is 45.7. The van der Waals surface area contributed by atoms with Crippen molar-refractivity contribution in [2.75, 3.05) is 0 Å². The Kier molecular flexibility index (Phi) is 7.45. The maximum atomic E-state index is 6.47. The average molecular weight is 892 g/mol. The maximum absolute atomic E-state index is 6.47. The molecule has 70 heavy (non-hydrogen) atoms. The van der Waals surface area contributed by atoms with Gasteiger partial charge < -0.3 is 4.42 Å². The van der Waals surface area contributed by atoms with Gasteiger partial charge in [0.2, 0.25) is 11.9 Å². The fraction of sp³-hybridized carbons (Fsp3) is 0.0156. The molecule has 16 rings (SSSR count). The molecular weight excluding hydrogens is 855 g/mol. The number of aromatic nitrogens is 5. The Morgan fingerprint density at radius 1 is 0.300 bits per heavy atom. The highest BCUT2D eigenvalue weighted by molar-refractivity contribution is 6.13. The molecule has 6 heteroatoms. The smallest absolute Gasteiger partial charge is 0.240 e. The molecule has 14 aromatic rings. The Morgan fingerprint density at radius 2 is 0.814 bits per heavy atom. The van der Waals surface area contributed by atoms with Crippen LogP contribution in [0.4, 0.5) is 0 Å². The summed E-state index contributed by atoms with van der Waals surface area (Å²) < 4.78 is 10.9. The lowest BCUT2D eigenvalue weighted by Crippen LogP contribution is -2.25. The van der Waals surface area contributed by atoms with Crippen molar-refractivity contribution in [3.05, 3.63) is 247 Å². The van der Waals surface area contributed by atoms with Crippen LogP contribution in [0.2, 0.25) is 0 Å². The van der Waals surface area contributed by atoms with Gasteiger partial charge in [0.1, 0.15) is 11.2 Å². The van der Waals surface area contributed by atoms with E-state index in [9.17, 15) is 0 Å². The van der Waals surface area contributed by atoms with Crippen molar-refractivity contribution in [1.29, 1.82) is 0 Å². The van der Waals surface area contributed by atoms with Gasteiger partial charge in [-0.3, -0.25) is 9.13 Å². The first-order chi connectivity index (χ1) is 34.7. The molecule has 2 aliphatic carbocycles. The molecule has 0 amide bonds. The molecular formula is C64H37N5O. The van der Waals surface area contributed by atoms with Gasteiger partial charge in [-0.25, -0.2) is 0 Å². The number of hydrogen-bond donors (Lipinski definition) is 0. The highest BCUT2D eigenvalue weighted by atomic mass is 16.3. The third-order valence-corrected chi connectivity index (χ3v) is 15.2. The van der Waals surface area contributed by atoms with Crippen molar-refractivity contribution in [3.8, 4) is 56.7 Å². The summed E-state index contributed by atoms with van der Waals surface area (Å²) in [5.41, 5.74) is 18.6.